The number of nitrogens with one attached hydrogen (secondary N) is 1. The van der Waals surface area contributed by atoms with Crippen molar-refractivity contribution >= 4 is 46.4 Å². The molecule has 2 aliphatic carbocycles. The summed E-state index contributed by atoms with van der Waals surface area (Å²) in [7, 11) is 0. The normalized spacial score (nSPS) is 20.2. The first-order chi connectivity index (χ1) is 18.8. The molecule has 2 aromatic carbocycles. The van der Waals surface area contributed by atoms with Gasteiger partial charge in [0.15, 0.2) is 23.1 Å². The minimum atomic E-state index is -0.519. The number of hydrogen-bond acceptors (Lipinski definition) is 5. The van der Waals surface area contributed by atoms with Gasteiger partial charge < -0.3 is 14.8 Å². The van der Waals surface area contributed by atoms with Gasteiger partial charge in [-0.25, -0.2) is 0 Å². The summed E-state index contributed by atoms with van der Waals surface area (Å²) in [6, 6.07) is 8.87. The Bertz CT molecular complexity index is 1420. The van der Waals surface area contributed by atoms with Crippen molar-refractivity contribution in [3.8, 4) is 11.5 Å². The van der Waals surface area contributed by atoms with Gasteiger partial charge in [-0.05, 0) is 60.4 Å². The molecule has 0 atom stereocenters. The van der Waals surface area contributed by atoms with Crippen LogP contribution < -0.4 is 14.8 Å². The number of dihydropyridines is 1. The molecule has 0 fully saturated rings. The average Bonchev–Trinajstić information content (AvgIpc) is 2.81. The molecule has 5 rings (SSSR count). The maximum absolute atomic E-state index is 13.7. The molecule has 40 heavy (non-hydrogen) atoms. The summed E-state index contributed by atoms with van der Waals surface area (Å²) in [5.74, 6) is 0.419. The predicted molar refractivity (Wildman–Crippen MR) is 159 cm³/mol. The monoisotopic (exact) mass is 601 g/mol. The van der Waals surface area contributed by atoms with E-state index in [-0.39, 0.29) is 29.0 Å². The molecular weight excluding hydrogens is 569 g/mol. The second kappa shape index (κ2) is 10.7. The molecule has 212 valence electrons. The van der Waals surface area contributed by atoms with E-state index in [4.69, 9.17) is 44.3 Å². The van der Waals surface area contributed by atoms with Crippen LogP contribution >= 0.6 is 34.8 Å². The molecule has 1 heterocycles. The van der Waals surface area contributed by atoms with Crippen LogP contribution in [-0.2, 0) is 16.2 Å². The number of carbonyl (C=O) groups is 2. The van der Waals surface area contributed by atoms with E-state index < -0.39 is 5.92 Å². The van der Waals surface area contributed by atoms with Crippen LogP contribution in [0, 0.1) is 10.8 Å². The molecule has 0 unspecified atom stereocenters. The highest BCUT2D eigenvalue weighted by Crippen LogP contribution is 2.52. The van der Waals surface area contributed by atoms with E-state index in [1.807, 2.05) is 13.0 Å². The first-order valence-electron chi connectivity index (χ1n) is 13.6. The molecule has 0 saturated carbocycles. The molecule has 5 nitrogen and oxygen atoms in total. The van der Waals surface area contributed by atoms with Crippen LogP contribution in [0.3, 0.4) is 0 Å². The number of rotatable bonds is 6. The molecule has 0 radical (unpaired) electrons. The van der Waals surface area contributed by atoms with E-state index in [9.17, 15) is 9.59 Å². The summed E-state index contributed by atoms with van der Waals surface area (Å²) in [6.45, 7) is 10.8. The summed E-state index contributed by atoms with van der Waals surface area (Å²) < 4.78 is 12.1. The number of carbonyl (C=O) groups excluding carboxylic acids is 2. The number of Topliss-reactive ketones (excluding diaryl/α,β-unsaturated/α-hetero) is 2. The first kappa shape index (κ1) is 29.0. The molecule has 0 saturated heterocycles. The zero-order chi connectivity index (χ0) is 29.0. The van der Waals surface area contributed by atoms with Crippen molar-refractivity contribution in [2.75, 3.05) is 6.61 Å². The molecule has 2 aromatic rings. The lowest BCUT2D eigenvalue weighted by molar-refractivity contribution is -0.119. The van der Waals surface area contributed by atoms with Crippen LogP contribution in [0.4, 0.5) is 0 Å². The Kier molecular flexibility index (Phi) is 7.80. The van der Waals surface area contributed by atoms with Gasteiger partial charge in [0.1, 0.15) is 6.61 Å². The Balaban J connectivity index is 1.61. The van der Waals surface area contributed by atoms with Gasteiger partial charge >= 0.3 is 0 Å². The largest absolute Gasteiger partial charge is 0.490 e. The highest BCUT2D eigenvalue weighted by atomic mass is 35.5. The van der Waals surface area contributed by atoms with Crippen LogP contribution in [0.5, 0.6) is 11.5 Å². The van der Waals surface area contributed by atoms with Gasteiger partial charge in [-0.1, -0.05) is 68.6 Å². The molecular formula is C32H34Cl3NO4. The van der Waals surface area contributed by atoms with E-state index in [1.165, 1.54) is 0 Å². The number of hydrogen-bond donors (Lipinski definition) is 1. The van der Waals surface area contributed by atoms with Crippen LogP contribution in [-0.4, -0.2) is 18.2 Å². The maximum atomic E-state index is 13.7. The Morgan fingerprint density at radius 1 is 0.825 bits per heavy atom. The molecule has 1 N–H and O–H groups in total. The molecule has 0 bridgehead atoms. The lowest BCUT2D eigenvalue weighted by atomic mass is 9.64. The SMILES string of the molecule is CCOc1cc(C2C3=C(CC(C)(C)CC3=O)NC3=C2C(=O)CC(C)(C)C3)cc(Cl)c1OCc1ccc(Cl)cc1Cl. The van der Waals surface area contributed by atoms with Crippen LogP contribution in [0.25, 0.3) is 0 Å². The smallest absolute Gasteiger partial charge is 0.180 e. The second-order valence-corrected chi connectivity index (χ2v) is 13.8. The predicted octanol–water partition coefficient (Wildman–Crippen LogP) is 8.60. The van der Waals surface area contributed by atoms with Gasteiger partial charge in [-0.3, -0.25) is 9.59 Å². The van der Waals surface area contributed by atoms with Gasteiger partial charge in [0.2, 0.25) is 0 Å². The van der Waals surface area contributed by atoms with Crippen molar-refractivity contribution in [1.29, 1.82) is 0 Å². The van der Waals surface area contributed by atoms with Crippen molar-refractivity contribution in [3.63, 3.8) is 0 Å². The molecule has 3 aliphatic rings. The summed E-state index contributed by atoms with van der Waals surface area (Å²) in [6.07, 6.45) is 2.29. The Hall–Kier alpha value is -2.47. The molecule has 0 spiro atoms. The minimum Gasteiger partial charge on any atom is -0.490 e. The van der Waals surface area contributed by atoms with E-state index in [0.717, 1.165) is 35.4 Å². The van der Waals surface area contributed by atoms with Crippen molar-refractivity contribution in [3.05, 3.63) is 79.1 Å². The standard InChI is InChI=1S/C32H34Cl3NO4/c1-6-39-26-10-18(9-21(35)30(26)40-16-17-7-8-19(33)11-20(17)34)27-28-22(12-31(2,3)14-24(28)37)36-23-13-32(4,5)15-25(38)29(23)27/h7-11,27,36H,6,12-16H2,1-5H3. The number of halogens is 3. The highest BCUT2D eigenvalue weighted by Gasteiger charge is 2.46. The van der Waals surface area contributed by atoms with Crippen LogP contribution in [0.15, 0.2) is 52.9 Å². The number of allylic oxidation sites excluding steroid dienone is 4. The average molecular weight is 603 g/mol. The van der Waals surface area contributed by atoms with E-state index >= 15 is 0 Å². The fourth-order valence-electron chi connectivity index (χ4n) is 6.17. The van der Waals surface area contributed by atoms with E-state index in [1.54, 1.807) is 24.3 Å². The summed E-state index contributed by atoms with van der Waals surface area (Å²) >= 11 is 19.2. The molecule has 0 aromatic heterocycles. The highest BCUT2D eigenvalue weighted by molar-refractivity contribution is 6.35. The van der Waals surface area contributed by atoms with Gasteiger partial charge in [-0.15, -0.1) is 0 Å². The zero-order valence-electron chi connectivity index (χ0n) is 23.5. The topological polar surface area (TPSA) is 64.6 Å². The zero-order valence-corrected chi connectivity index (χ0v) is 25.7. The number of ketones is 2. The fourth-order valence-corrected chi connectivity index (χ4v) is 6.91. The lowest BCUT2D eigenvalue weighted by Gasteiger charge is -2.44. The van der Waals surface area contributed by atoms with Gasteiger partial charge in [0, 0.05) is 56.9 Å². The van der Waals surface area contributed by atoms with Gasteiger partial charge in [0.25, 0.3) is 0 Å². The van der Waals surface area contributed by atoms with Crippen molar-refractivity contribution in [2.45, 2.75) is 72.8 Å². The van der Waals surface area contributed by atoms with Gasteiger partial charge in [-0.2, -0.15) is 0 Å². The molecule has 1 aliphatic heterocycles. The maximum Gasteiger partial charge on any atom is 0.180 e. The van der Waals surface area contributed by atoms with Crippen molar-refractivity contribution in [1.82, 2.24) is 5.32 Å². The Morgan fingerprint density at radius 2 is 1.43 bits per heavy atom. The van der Waals surface area contributed by atoms with Gasteiger partial charge in [0.05, 0.1) is 11.6 Å². The summed E-state index contributed by atoms with van der Waals surface area (Å²) in [4.78, 5) is 27.3. The van der Waals surface area contributed by atoms with Crippen molar-refractivity contribution < 1.29 is 19.1 Å². The van der Waals surface area contributed by atoms with Crippen LogP contribution in [0.2, 0.25) is 15.1 Å². The Labute approximate surface area is 250 Å². The summed E-state index contributed by atoms with van der Waals surface area (Å²) in [5.41, 5.74) is 4.28. The quantitative estimate of drug-likeness (QED) is 0.359. The van der Waals surface area contributed by atoms with Crippen molar-refractivity contribution in [2.24, 2.45) is 10.8 Å². The second-order valence-electron chi connectivity index (χ2n) is 12.5. The third-order valence-corrected chi connectivity index (χ3v) is 8.64. The molecule has 8 heteroatoms. The van der Waals surface area contributed by atoms with E-state index in [2.05, 4.69) is 33.0 Å². The molecule has 0 amide bonds. The number of benzene rings is 2. The van der Waals surface area contributed by atoms with Crippen LogP contribution in [0.1, 0.15) is 77.3 Å². The first-order valence-corrected chi connectivity index (χ1v) is 14.7. The van der Waals surface area contributed by atoms with E-state index in [0.29, 0.717) is 57.2 Å². The minimum absolute atomic E-state index is 0.0553. The number of ether oxygens (including phenoxy) is 2. The third kappa shape index (κ3) is 5.66. The lowest BCUT2D eigenvalue weighted by Crippen LogP contribution is -2.42. The Morgan fingerprint density at radius 3 is 1.98 bits per heavy atom. The third-order valence-electron chi connectivity index (χ3n) is 7.77. The summed E-state index contributed by atoms with van der Waals surface area (Å²) in [5, 5.41) is 4.91. The fraction of sp³-hybridized carbons (Fsp3) is 0.438.